The molecule has 0 bridgehead atoms. The highest BCUT2D eigenvalue weighted by molar-refractivity contribution is 5.96. The van der Waals surface area contributed by atoms with E-state index in [1.54, 1.807) is 24.2 Å². The molecule has 0 spiro atoms. The number of oxazole rings is 1. The third-order valence-corrected chi connectivity index (χ3v) is 5.68. The molecule has 2 fully saturated rings. The van der Waals surface area contributed by atoms with Crippen LogP contribution in [0.1, 0.15) is 31.9 Å². The van der Waals surface area contributed by atoms with Crippen LogP contribution in [0.5, 0.6) is 0 Å². The van der Waals surface area contributed by atoms with Gasteiger partial charge in [-0.05, 0) is 44.2 Å². The summed E-state index contributed by atoms with van der Waals surface area (Å²) < 4.78 is 5.55. The lowest BCUT2D eigenvalue weighted by atomic mass is 9.98. The molecule has 1 aliphatic heterocycles. The van der Waals surface area contributed by atoms with Crippen LogP contribution in [-0.2, 0) is 16.1 Å². The summed E-state index contributed by atoms with van der Waals surface area (Å²) in [5, 5.41) is 3.14. The molecule has 1 aromatic heterocycles. The number of allylic oxidation sites excluding steroid dienone is 2. The quantitative estimate of drug-likeness (QED) is 0.576. The van der Waals surface area contributed by atoms with Crippen molar-refractivity contribution in [3.8, 4) is 11.5 Å². The van der Waals surface area contributed by atoms with Gasteiger partial charge in [-0.2, -0.15) is 0 Å². The molecule has 1 N–H and O–H groups in total. The van der Waals surface area contributed by atoms with Crippen molar-refractivity contribution in [3.05, 3.63) is 66.3 Å². The molecule has 1 amide bonds. The van der Waals surface area contributed by atoms with Crippen LogP contribution in [0.4, 0.5) is 0 Å². The highest BCUT2D eigenvalue weighted by Crippen LogP contribution is 2.47. The van der Waals surface area contributed by atoms with Gasteiger partial charge in [-0.25, -0.2) is 4.98 Å². The second-order valence-corrected chi connectivity index (χ2v) is 7.62. The Kier molecular flexibility index (Phi) is 5.34. The molecule has 2 atom stereocenters. The van der Waals surface area contributed by atoms with Crippen LogP contribution in [0.2, 0.25) is 0 Å². The fourth-order valence-electron chi connectivity index (χ4n) is 3.97. The van der Waals surface area contributed by atoms with E-state index in [9.17, 15) is 9.59 Å². The molecule has 29 heavy (non-hydrogen) atoms. The van der Waals surface area contributed by atoms with E-state index in [4.69, 9.17) is 4.42 Å². The van der Waals surface area contributed by atoms with Gasteiger partial charge in [0, 0.05) is 17.2 Å². The van der Waals surface area contributed by atoms with Crippen LogP contribution in [-0.4, -0.2) is 28.1 Å². The Morgan fingerprint density at radius 2 is 2.10 bits per heavy atom. The molecule has 6 nitrogen and oxygen atoms in total. The number of carbonyl (C=O) groups is 2. The standard InChI is InChI=1S/C23H25N3O3/c1-3-21(23(28)26-15(2)20(16-9-10-16)11-19(26)13-27)24-12-18-14-29-22(25-18)17-7-5-4-6-8-17/h3-8,13-14,16,19-20,24H,2,9-12H2,1H3/b21-3+. The van der Waals surface area contributed by atoms with Crippen LogP contribution in [0, 0.1) is 11.8 Å². The van der Waals surface area contributed by atoms with Crippen molar-refractivity contribution in [2.75, 3.05) is 0 Å². The summed E-state index contributed by atoms with van der Waals surface area (Å²) >= 11 is 0. The van der Waals surface area contributed by atoms with E-state index < -0.39 is 6.04 Å². The first-order valence-corrected chi connectivity index (χ1v) is 10.00. The summed E-state index contributed by atoms with van der Waals surface area (Å²) in [5.41, 5.74) is 2.79. The topological polar surface area (TPSA) is 75.4 Å². The third-order valence-electron chi connectivity index (χ3n) is 5.68. The van der Waals surface area contributed by atoms with Crippen molar-refractivity contribution < 1.29 is 14.0 Å². The molecule has 1 aromatic carbocycles. The summed E-state index contributed by atoms with van der Waals surface area (Å²) in [6.07, 6.45) is 7.16. The van der Waals surface area contributed by atoms with Crippen LogP contribution in [0.15, 0.2) is 65.1 Å². The second kappa shape index (κ2) is 8.07. The van der Waals surface area contributed by atoms with Crippen LogP contribution < -0.4 is 5.32 Å². The molecule has 2 aromatic rings. The highest BCUT2D eigenvalue weighted by atomic mass is 16.3. The molecule has 150 valence electrons. The normalized spacial score (nSPS) is 22.0. The number of likely N-dealkylation sites (tertiary alicyclic amines) is 1. The van der Waals surface area contributed by atoms with Gasteiger partial charge in [-0.3, -0.25) is 4.79 Å². The van der Waals surface area contributed by atoms with E-state index in [0.29, 0.717) is 36.2 Å². The van der Waals surface area contributed by atoms with Gasteiger partial charge >= 0.3 is 0 Å². The van der Waals surface area contributed by atoms with Crippen molar-refractivity contribution >= 4 is 12.2 Å². The van der Waals surface area contributed by atoms with Gasteiger partial charge in [0.15, 0.2) is 0 Å². The predicted molar refractivity (Wildman–Crippen MR) is 109 cm³/mol. The summed E-state index contributed by atoms with van der Waals surface area (Å²) in [4.78, 5) is 30.8. The molecule has 2 unspecified atom stereocenters. The maximum Gasteiger partial charge on any atom is 0.274 e. The number of hydrogen-bond acceptors (Lipinski definition) is 5. The molecule has 1 aliphatic carbocycles. The van der Waals surface area contributed by atoms with Crippen molar-refractivity contribution in [1.29, 1.82) is 0 Å². The monoisotopic (exact) mass is 391 g/mol. The van der Waals surface area contributed by atoms with Crippen LogP contribution in [0.25, 0.3) is 11.5 Å². The molecule has 1 saturated heterocycles. The Labute approximate surface area is 170 Å². The van der Waals surface area contributed by atoms with E-state index in [1.807, 2.05) is 30.3 Å². The first-order chi connectivity index (χ1) is 14.1. The Morgan fingerprint density at radius 3 is 2.76 bits per heavy atom. The molecular weight excluding hydrogens is 366 g/mol. The molecule has 0 radical (unpaired) electrons. The predicted octanol–water partition coefficient (Wildman–Crippen LogP) is 3.67. The van der Waals surface area contributed by atoms with E-state index >= 15 is 0 Å². The van der Waals surface area contributed by atoms with Crippen molar-refractivity contribution in [2.45, 2.75) is 38.8 Å². The second-order valence-electron chi connectivity index (χ2n) is 7.62. The Bertz CT molecular complexity index is 943. The number of nitrogens with zero attached hydrogens (tertiary/aromatic N) is 2. The first-order valence-electron chi connectivity index (χ1n) is 10.00. The van der Waals surface area contributed by atoms with Gasteiger partial charge < -0.3 is 19.4 Å². The number of hydrogen-bond donors (Lipinski definition) is 1. The lowest BCUT2D eigenvalue weighted by Crippen LogP contribution is -2.39. The van der Waals surface area contributed by atoms with Crippen LogP contribution >= 0.6 is 0 Å². The van der Waals surface area contributed by atoms with E-state index in [-0.39, 0.29) is 11.8 Å². The molecule has 2 aliphatic rings. The number of aldehydes is 1. The van der Waals surface area contributed by atoms with Crippen LogP contribution in [0.3, 0.4) is 0 Å². The third kappa shape index (κ3) is 3.88. The Hall–Kier alpha value is -3.15. The van der Waals surface area contributed by atoms with Gasteiger partial charge in [-0.1, -0.05) is 30.9 Å². The van der Waals surface area contributed by atoms with E-state index in [0.717, 1.165) is 30.4 Å². The number of carbonyl (C=O) groups excluding carboxylic acids is 2. The maximum atomic E-state index is 13.1. The number of nitrogens with one attached hydrogen (secondary N) is 1. The molecular formula is C23H25N3O3. The van der Waals surface area contributed by atoms with Crippen molar-refractivity contribution in [1.82, 2.24) is 15.2 Å². The minimum Gasteiger partial charge on any atom is -0.444 e. The van der Waals surface area contributed by atoms with Gasteiger partial charge in [0.2, 0.25) is 5.89 Å². The first kappa shape index (κ1) is 19.2. The van der Waals surface area contributed by atoms with Gasteiger partial charge in [0.05, 0.1) is 24.0 Å². The SMILES string of the molecule is C=C1C(C2CC2)CC(C=O)N1C(=O)/C(=C\C)NCc1coc(-c2ccccc2)n1. The number of rotatable bonds is 7. The summed E-state index contributed by atoms with van der Waals surface area (Å²) in [7, 11) is 0. The van der Waals surface area contributed by atoms with E-state index in [2.05, 4.69) is 16.9 Å². The Balaban J connectivity index is 1.43. The fourth-order valence-corrected chi connectivity index (χ4v) is 3.97. The largest absolute Gasteiger partial charge is 0.444 e. The maximum absolute atomic E-state index is 13.1. The fraction of sp³-hybridized carbons (Fsp3) is 0.348. The van der Waals surface area contributed by atoms with Crippen molar-refractivity contribution in [3.63, 3.8) is 0 Å². The average molecular weight is 391 g/mol. The van der Waals surface area contributed by atoms with Gasteiger partial charge in [-0.15, -0.1) is 0 Å². The molecule has 1 saturated carbocycles. The van der Waals surface area contributed by atoms with Crippen molar-refractivity contribution in [2.24, 2.45) is 11.8 Å². The lowest BCUT2D eigenvalue weighted by Gasteiger charge is -2.24. The highest BCUT2D eigenvalue weighted by Gasteiger charge is 2.45. The minimum atomic E-state index is -0.436. The van der Waals surface area contributed by atoms with Gasteiger partial charge in [0.1, 0.15) is 12.5 Å². The molecule has 6 heteroatoms. The summed E-state index contributed by atoms with van der Waals surface area (Å²) in [5.74, 6) is 1.12. The summed E-state index contributed by atoms with van der Waals surface area (Å²) in [6.45, 7) is 6.28. The molecule has 2 heterocycles. The number of benzene rings is 1. The van der Waals surface area contributed by atoms with Gasteiger partial charge in [0.25, 0.3) is 5.91 Å². The smallest absolute Gasteiger partial charge is 0.274 e. The number of amides is 1. The lowest BCUT2D eigenvalue weighted by molar-refractivity contribution is -0.129. The average Bonchev–Trinajstić information content (AvgIpc) is 3.38. The molecule has 4 rings (SSSR count). The zero-order valence-corrected chi connectivity index (χ0v) is 16.5. The zero-order chi connectivity index (χ0) is 20.4. The minimum absolute atomic E-state index is 0.218. The zero-order valence-electron chi connectivity index (χ0n) is 16.5. The Morgan fingerprint density at radius 1 is 1.34 bits per heavy atom. The van der Waals surface area contributed by atoms with E-state index in [1.165, 1.54) is 0 Å². The number of aromatic nitrogens is 1. The summed E-state index contributed by atoms with van der Waals surface area (Å²) in [6, 6.07) is 9.21.